The van der Waals surface area contributed by atoms with Crippen molar-refractivity contribution in [2.45, 2.75) is 56.9 Å². The lowest BCUT2D eigenvalue weighted by molar-refractivity contribution is -0.109. The first-order valence-corrected chi connectivity index (χ1v) is 13.3. The molecular weight excluding hydrogens is 474 g/mol. The van der Waals surface area contributed by atoms with Crippen molar-refractivity contribution >= 4 is 36.9 Å². The smallest absolute Gasteiger partial charge is 0.207 e. The Bertz CT molecular complexity index is 893. The Morgan fingerprint density at radius 3 is 2.28 bits per heavy atom. The second-order valence-corrected chi connectivity index (χ2v) is 9.07. The second kappa shape index (κ2) is 21.6. The summed E-state index contributed by atoms with van der Waals surface area (Å²) in [5.41, 5.74) is 5.65. The number of likely N-dealkylation sites (N-methyl/N-ethyl adjacent to an activating group) is 1. The van der Waals surface area contributed by atoms with Gasteiger partial charge in [0.1, 0.15) is 6.79 Å². The average Bonchev–Trinajstić information content (AvgIpc) is 2.94. The maximum absolute atomic E-state index is 11.9. The van der Waals surface area contributed by atoms with Gasteiger partial charge in [-0.05, 0) is 78.7 Å². The van der Waals surface area contributed by atoms with Crippen molar-refractivity contribution in [2.24, 2.45) is 0 Å². The van der Waals surface area contributed by atoms with Crippen LogP contribution < -0.4 is 16.0 Å². The third kappa shape index (κ3) is 11.4. The number of amides is 1. The fraction of sp³-hybridized carbons (Fsp3) is 0.464. The summed E-state index contributed by atoms with van der Waals surface area (Å²) in [5.74, 6) is 1.13. The van der Waals surface area contributed by atoms with Gasteiger partial charge in [-0.1, -0.05) is 38.7 Å². The Kier molecular flexibility index (Phi) is 20.0. The molecule has 0 saturated carbocycles. The number of benzene rings is 2. The molecule has 2 rings (SSSR count). The Hall–Kier alpha value is -2.68. The van der Waals surface area contributed by atoms with E-state index >= 15 is 0 Å². The predicted octanol–water partition coefficient (Wildman–Crippen LogP) is 4.70. The third-order valence-electron chi connectivity index (χ3n) is 5.58. The van der Waals surface area contributed by atoms with Crippen LogP contribution in [0.4, 0.5) is 5.69 Å². The molecule has 0 aliphatic rings. The molecular formula is C28H43N3O4S. The largest absolute Gasteiger partial charge is 0.400 e. The van der Waals surface area contributed by atoms with E-state index in [0.717, 1.165) is 54.5 Å². The van der Waals surface area contributed by atoms with Crippen LogP contribution in [0, 0.1) is 0 Å². The van der Waals surface area contributed by atoms with Crippen LogP contribution in [0.3, 0.4) is 0 Å². The number of thioether (sulfide) groups is 1. The number of carbonyl (C=O) groups excluding carboxylic acids is 3. The van der Waals surface area contributed by atoms with Crippen LogP contribution in [0.1, 0.15) is 60.5 Å². The number of hydrogen-bond acceptors (Lipinski definition) is 7. The van der Waals surface area contributed by atoms with Crippen molar-refractivity contribution in [2.75, 3.05) is 38.8 Å². The number of aliphatic hydroxyl groups is 1. The molecule has 0 aromatic heterocycles. The highest BCUT2D eigenvalue weighted by molar-refractivity contribution is 7.99. The van der Waals surface area contributed by atoms with Crippen molar-refractivity contribution in [1.82, 2.24) is 10.6 Å². The van der Waals surface area contributed by atoms with Crippen molar-refractivity contribution in [1.29, 1.82) is 0 Å². The number of anilines is 1. The summed E-state index contributed by atoms with van der Waals surface area (Å²) < 4.78 is 0. The standard InChI is InChI=1S/C26H37N3O2S.CH4O.CH2O/c1-4-5-6-7-8-13-32-23-9-10-24(20(14-23)11-12-27-2)25-15-21(17-29-19-31)26(28-3)16-22(25)18-30;2*1-2/h9-10,14-16,18-19,27-28H,4-8,11-13,17H2,1-3H3,(H,29,31);2H,1H3;1H2. The van der Waals surface area contributed by atoms with Gasteiger partial charge in [0.05, 0.1) is 0 Å². The van der Waals surface area contributed by atoms with E-state index in [2.05, 4.69) is 41.1 Å². The van der Waals surface area contributed by atoms with E-state index in [1.54, 1.807) is 0 Å². The van der Waals surface area contributed by atoms with Gasteiger partial charge < -0.3 is 25.9 Å². The van der Waals surface area contributed by atoms with Crippen molar-refractivity contribution in [3.63, 3.8) is 0 Å². The van der Waals surface area contributed by atoms with E-state index < -0.39 is 0 Å². The average molecular weight is 518 g/mol. The molecule has 4 N–H and O–H groups in total. The molecule has 0 unspecified atom stereocenters. The topological polar surface area (TPSA) is 108 Å². The molecule has 1 amide bonds. The van der Waals surface area contributed by atoms with Crippen molar-refractivity contribution in [3.8, 4) is 11.1 Å². The van der Waals surface area contributed by atoms with Crippen LogP contribution in [0.5, 0.6) is 0 Å². The summed E-state index contributed by atoms with van der Waals surface area (Å²) in [6.45, 7) is 5.51. The lowest BCUT2D eigenvalue weighted by Gasteiger charge is -2.17. The molecule has 2 aromatic carbocycles. The maximum atomic E-state index is 11.9. The Morgan fingerprint density at radius 1 is 0.944 bits per heavy atom. The predicted molar refractivity (Wildman–Crippen MR) is 152 cm³/mol. The van der Waals surface area contributed by atoms with Gasteiger partial charge in [0.25, 0.3) is 0 Å². The van der Waals surface area contributed by atoms with Gasteiger partial charge in [-0.25, -0.2) is 0 Å². The highest BCUT2D eigenvalue weighted by Crippen LogP contribution is 2.34. The molecule has 200 valence electrons. The minimum Gasteiger partial charge on any atom is -0.400 e. The van der Waals surface area contributed by atoms with Crippen molar-refractivity contribution < 1.29 is 19.5 Å². The number of rotatable bonds is 16. The van der Waals surface area contributed by atoms with Crippen LogP contribution in [0.25, 0.3) is 11.1 Å². The van der Waals surface area contributed by atoms with Crippen LogP contribution in [-0.4, -0.2) is 58.1 Å². The second-order valence-electron chi connectivity index (χ2n) is 7.90. The van der Waals surface area contributed by atoms with Gasteiger partial charge in [0.2, 0.25) is 6.41 Å². The number of nitrogens with one attached hydrogen (secondary N) is 3. The summed E-state index contributed by atoms with van der Waals surface area (Å²) >= 11 is 1.91. The number of carbonyl (C=O) groups is 3. The van der Waals surface area contributed by atoms with Gasteiger partial charge in [-0.15, -0.1) is 11.8 Å². The van der Waals surface area contributed by atoms with Crippen molar-refractivity contribution in [3.05, 3.63) is 47.0 Å². The van der Waals surface area contributed by atoms with Gasteiger partial charge in [-0.2, -0.15) is 0 Å². The first-order chi connectivity index (χ1) is 17.7. The van der Waals surface area contributed by atoms with Gasteiger partial charge in [-0.3, -0.25) is 9.59 Å². The van der Waals surface area contributed by atoms with E-state index in [-0.39, 0.29) is 0 Å². The fourth-order valence-corrected chi connectivity index (χ4v) is 4.78. The number of aliphatic hydroxyl groups excluding tert-OH is 1. The molecule has 7 nitrogen and oxygen atoms in total. The Labute approximate surface area is 220 Å². The molecule has 0 bridgehead atoms. The highest BCUT2D eigenvalue weighted by Gasteiger charge is 2.14. The Morgan fingerprint density at radius 2 is 1.67 bits per heavy atom. The quantitative estimate of drug-likeness (QED) is 0.145. The van der Waals surface area contributed by atoms with Gasteiger partial charge in [0.15, 0.2) is 6.29 Å². The summed E-state index contributed by atoms with van der Waals surface area (Å²) in [7, 11) is 4.77. The van der Waals surface area contributed by atoms with E-state index in [9.17, 15) is 9.59 Å². The zero-order valence-corrected chi connectivity index (χ0v) is 23.0. The molecule has 0 aliphatic carbocycles. The third-order valence-corrected chi connectivity index (χ3v) is 6.66. The number of hydrogen-bond donors (Lipinski definition) is 4. The molecule has 0 fully saturated rings. The lowest BCUT2D eigenvalue weighted by Crippen LogP contribution is -2.13. The first kappa shape index (κ1) is 33.3. The van der Waals surface area contributed by atoms with Crippen LogP contribution in [0.2, 0.25) is 0 Å². The highest BCUT2D eigenvalue weighted by atomic mass is 32.2. The summed E-state index contributed by atoms with van der Waals surface area (Å²) in [6.07, 6.45) is 8.94. The summed E-state index contributed by atoms with van der Waals surface area (Å²) in [4.78, 5) is 32.0. The summed E-state index contributed by atoms with van der Waals surface area (Å²) in [6, 6.07) is 10.5. The zero-order valence-electron chi connectivity index (χ0n) is 22.2. The molecule has 0 heterocycles. The summed E-state index contributed by atoms with van der Waals surface area (Å²) in [5, 5.41) is 16.1. The monoisotopic (exact) mass is 517 g/mol. The molecule has 0 saturated heterocycles. The minimum absolute atomic E-state index is 0.406. The molecule has 0 aliphatic heterocycles. The SMILES string of the molecule is C=O.CCCCCCCSc1ccc(-c2cc(CNC=O)c(NC)cc2C=O)c(CCNC)c1.CO. The zero-order chi connectivity index (χ0) is 27.2. The van der Waals surface area contributed by atoms with E-state index in [4.69, 9.17) is 9.90 Å². The molecule has 0 spiro atoms. The minimum atomic E-state index is 0.406. The number of aldehydes is 1. The number of unbranched alkanes of at least 4 members (excludes halogenated alkanes) is 4. The molecule has 0 atom stereocenters. The van der Waals surface area contributed by atoms with E-state index in [1.807, 2.05) is 44.8 Å². The molecule has 8 heteroatoms. The first-order valence-electron chi connectivity index (χ1n) is 12.3. The molecule has 0 radical (unpaired) electrons. The molecule has 2 aromatic rings. The van der Waals surface area contributed by atoms with E-state index in [0.29, 0.717) is 18.5 Å². The Balaban J connectivity index is 0.00000291. The molecule has 36 heavy (non-hydrogen) atoms. The fourth-order valence-electron chi connectivity index (χ4n) is 3.81. The lowest BCUT2D eigenvalue weighted by atomic mass is 9.92. The van der Waals surface area contributed by atoms with Crippen LogP contribution in [0.15, 0.2) is 35.2 Å². The van der Waals surface area contributed by atoms with Crippen LogP contribution >= 0.6 is 11.8 Å². The van der Waals surface area contributed by atoms with Gasteiger partial charge >= 0.3 is 0 Å². The maximum Gasteiger partial charge on any atom is 0.207 e. The van der Waals surface area contributed by atoms with Crippen LogP contribution in [-0.2, 0) is 22.6 Å². The normalized spacial score (nSPS) is 9.81. The van der Waals surface area contributed by atoms with Gasteiger partial charge in [0, 0.05) is 36.8 Å². The van der Waals surface area contributed by atoms with E-state index in [1.165, 1.54) is 42.6 Å².